The second-order valence-corrected chi connectivity index (χ2v) is 6.96. The van der Waals surface area contributed by atoms with Gasteiger partial charge in [-0.05, 0) is 25.5 Å². The van der Waals surface area contributed by atoms with Crippen molar-refractivity contribution in [3.8, 4) is 0 Å². The Labute approximate surface area is 108 Å². The number of aliphatic hydroxyl groups is 1. The van der Waals surface area contributed by atoms with Crippen LogP contribution >= 0.6 is 0 Å². The molecule has 100 valence electrons. The first-order valence-corrected chi connectivity index (χ1v) is 8.01. The molecule has 0 radical (unpaired) electrons. The molecule has 2 rings (SSSR count). The standard InChI is InChI=1S/C13H19NO3S/c1-10(15)11-7-8-14(9-11)12-5-3-4-6-13(12)18(2,16)17/h3-6,10-11,15H,7-9H2,1-2H3. The maximum atomic E-state index is 11.7. The van der Waals surface area contributed by atoms with E-state index < -0.39 is 9.84 Å². The SMILES string of the molecule is CC(O)C1CCN(c2ccccc2S(C)(=O)=O)C1. The lowest BCUT2D eigenvalue weighted by atomic mass is 10.0. The zero-order valence-corrected chi connectivity index (χ0v) is 11.5. The van der Waals surface area contributed by atoms with E-state index in [1.54, 1.807) is 19.1 Å². The molecule has 1 aromatic rings. The first kappa shape index (κ1) is 13.4. The van der Waals surface area contributed by atoms with Crippen molar-refractivity contribution < 1.29 is 13.5 Å². The maximum Gasteiger partial charge on any atom is 0.177 e. The van der Waals surface area contributed by atoms with Crippen molar-refractivity contribution in [2.45, 2.75) is 24.3 Å². The Morgan fingerprint density at radius 3 is 2.61 bits per heavy atom. The van der Waals surface area contributed by atoms with Crippen LogP contribution in [0.15, 0.2) is 29.2 Å². The van der Waals surface area contributed by atoms with Gasteiger partial charge in [-0.2, -0.15) is 0 Å². The lowest BCUT2D eigenvalue weighted by Gasteiger charge is -2.22. The Bertz CT molecular complexity index is 525. The minimum absolute atomic E-state index is 0.220. The van der Waals surface area contributed by atoms with Gasteiger partial charge in [0.15, 0.2) is 9.84 Å². The summed E-state index contributed by atoms with van der Waals surface area (Å²) in [6.45, 7) is 3.29. The summed E-state index contributed by atoms with van der Waals surface area (Å²) in [6.07, 6.45) is 1.78. The summed E-state index contributed by atoms with van der Waals surface area (Å²) in [7, 11) is -3.21. The van der Waals surface area contributed by atoms with Gasteiger partial charge in [0.1, 0.15) is 0 Å². The van der Waals surface area contributed by atoms with Gasteiger partial charge < -0.3 is 10.0 Å². The monoisotopic (exact) mass is 269 g/mol. The highest BCUT2D eigenvalue weighted by Crippen LogP contribution is 2.30. The van der Waals surface area contributed by atoms with Crippen molar-refractivity contribution in [1.29, 1.82) is 0 Å². The second kappa shape index (κ2) is 4.90. The molecule has 4 nitrogen and oxygen atoms in total. The van der Waals surface area contributed by atoms with Crippen LogP contribution in [0.5, 0.6) is 0 Å². The van der Waals surface area contributed by atoms with E-state index >= 15 is 0 Å². The van der Waals surface area contributed by atoms with Gasteiger partial charge in [0.2, 0.25) is 0 Å². The van der Waals surface area contributed by atoms with Gasteiger partial charge in [0.25, 0.3) is 0 Å². The zero-order valence-electron chi connectivity index (χ0n) is 10.7. The van der Waals surface area contributed by atoms with Crippen LogP contribution in [0, 0.1) is 5.92 Å². The Hall–Kier alpha value is -1.07. The number of para-hydroxylation sites is 1. The molecule has 0 saturated carbocycles. The Kier molecular flexibility index (Phi) is 3.64. The Morgan fingerprint density at radius 1 is 1.39 bits per heavy atom. The fourth-order valence-electron chi connectivity index (χ4n) is 2.43. The third-order valence-electron chi connectivity index (χ3n) is 3.51. The van der Waals surface area contributed by atoms with Crippen LogP contribution < -0.4 is 4.90 Å². The molecular formula is C13H19NO3S. The van der Waals surface area contributed by atoms with Crippen LogP contribution in [0.4, 0.5) is 5.69 Å². The topological polar surface area (TPSA) is 57.6 Å². The molecular weight excluding hydrogens is 250 g/mol. The van der Waals surface area contributed by atoms with E-state index in [1.807, 2.05) is 17.0 Å². The summed E-state index contributed by atoms with van der Waals surface area (Å²) < 4.78 is 23.5. The third kappa shape index (κ3) is 2.67. The van der Waals surface area contributed by atoms with E-state index in [9.17, 15) is 13.5 Å². The van der Waals surface area contributed by atoms with Crippen molar-refractivity contribution in [3.05, 3.63) is 24.3 Å². The summed E-state index contributed by atoms with van der Waals surface area (Å²) in [4.78, 5) is 2.42. The van der Waals surface area contributed by atoms with Crippen molar-refractivity contribution in [3.63, 3.8) is 0 Å². The molecule has 1 saturated heterocycles. The highest BCUT2D eigenvalue weighted by atomic mass is 32.2. The third-order valence-corrected chi connectivity index (χ3v) is 4.66. The summed E-state index contributed by atoms with van der Waals surface area (Å²) in [5.41, 5.74) is 0.753. The number of rotatable bonds is 3. The predicted octanol–water partition coefficient (Wildman–Crippen LogP) is 1.30. The number of sulfone groups is 1. The number of benzene rings is 1. The van der Waals surface area contributed by atoms with E-state index in [0.717, 1.165) is 18.7 Å². The van der Waals surface area contributed by atoms with Crippen molar-refractivity contribution in [2.75, 3.05) is 24.2 Å². The quantitative estimate of drug-likeness (QED) is 0.898. The van der Waals surface area contributed by atoms with E-state index in [2.05, 4.69) is 0 Å². The highest BCUT2D eigenvalue weighted by molar-refractivity contribution is 7.90. The molecule has 1 aliphatic heterocycles. The molecule has 1 fully saturated rings. The van der Waals surface area contributed by atoms with Crippen molar-refractivity contribution in [1.82, 2.24) is 0 Å². The minimum Gasteiger partial charge on any atom is -0.393 e. The van der Waals surface area contributed by atoms with E-state index in [1.165, 1.54) is 6.26 Å². The first-order valence-electron chi connectivity index (χ1n) is 6.11. The molecule has 1 aliphatic rings. The van der Waals surface area contributed by atoms with Crippen molar-refractivity contribution in [2.24, 2.45) is 5.92 Å². The van der Waals surface area contributed by atoms with Gasteiger partial charge in [-0.25, -0.2) is 8.42 Å². The van der Waals surface area contributed by atoms with Gasteiger partial charge in [-0.3, -0.25) is 0 Å². The van der Waals surface area contributed by atoms with Crippen LogP contribution in [0.1, 0.15) is 13.3 Å². The Morgan fingerprint density at radius 2 is 2.06 bits per heavy atom. The highest BCUT2D eigenvalue weighted by Gasteiger charge is 2.28. The fourth-order valence-corrected chi connectivity index (χ4v) is 3.33. The molecule has 18 heavy (non-hydrogen) atoms. The lowest BCUT2D eigenvalue weighted by Crippen LogP contribution is -2.25. The van der Waals surface area contributed by atoms with E-state index in [-0.39, 0.29) is 12.0 Å². The van der Waals surface area contributed by atoms with E-state index in [4.69, 9.17) is 0 Å². The average molecular weight is 269 g/mol. The van der Waals surface area contributed by atoms with Crippen LogP contribution in [-0.2, 0) is 9.84 Å². The molecule has 0 aliphatic carbocycles. The van der Waals surface area contributed by atoms with Gasteiger partial charge in [-0.1, -0.05) is 12.1 Å². The average Bonchev–Trinajstić information content (AvgIpc) is 2.77. The molecule has 0 aromatic heterocycles. The van der Waals surface area contributed by atoms with Gasteiger partial charge in [0.05, 0.1) is 16.7 Å². The Balaban J connectivity index is 2.31. The molecule has 0 spiro atoms. The molecule has 1 heterocycles. The molecule has 1 N–H and O–H groups in total. The molecule has 0 amide bonds. The van der Waals surface area contributed by atoms with Gasteiger partial charge in [0, 0.05) is 25.3 Å². The molecule has 2 atom stereocenters. The van der Waals surface area contributed by atoms with Gasteiger partial charge >= 0.3 is 0 Å². The van der Waals surface area contributed by atoms with E-state index in [0.29, 0.717) is 11.4 Å². The van der Waals surface area contributed by atoms with Crippen LogP contribution in [-0.4, -0.2) is 39.0 Å². The predicted molar refractivity (Wildman–Crippen MR) is 71.6 cm³/mol. The van der Waals surface area contributed by atoms with Crippen molar-refractivity contribution >= 4 is 15.5 Å². The summed E-state index contributed by atoms with van der Waals surface area (Å²) in [6, 6.07) is 7.06. The number of nitrogens with zero attached hydrogens (tertiary/aromatic N) is 1. The molecule has 5 heteroatoms. The normalized spacial score (nSPS) is 22.2. The summed E-state index contributed by atoms with van der Waals surface area (Å²) in [5, 5.41) is 9.60. The van der Waals surface area contributed by atoms with Crippen LogP contribution in [0.3, 0.4) is 0 Å². The maximum absolute atomic E-state index is 11.7. The first-order chi connectivity index (χ1) is 8.39. The van der Waals surface area contributed by atoms with Gasteiger partial charge in [-0.15, -0.1) is 0 Å². The number of aliphatic hydroxyl groups excluding tert-OH is 1. The zero-order chi connectivity index (χ0) is 13.3. The lowest BCUT2D eigenvalue weighted by molar-refractivity contribution is 0.136. The second-order valence-electron chi connectivity index (χ2n) is 4.98. The number of hydrogen-bond acceptors (Lipinski definition) is 4. The largest absolute Gasteiger partial charge is 0.393 e. The smallest absolute Gasteiger partial charge is 0.177 e. The number of hydrogen-bond donors (Lipinski definition) is 1. The minimum atomic E-state index is -3.21. The van der Waals surface area contributed by atoms with Crippen LogP contribution in [0.2, 0.25) is 0 Å². The summed E-state index contributed by atoms with van der Waals surface area (Å²) >= 11 is 0. The summed E-state index contributed by atoms with van der Waals surface area (Å²) in [5.74, 6) is 0.220. The number of anilines is 1. The molecule has 1 aromatic carbocycles. The van der Waals surface area contributed by atoms with Crippen LogP contribution in [0.25, 0.3) is 0 Å². The molecule has 2 unspecified atom stereocenters. The molecule has 0 bridgehead atoms. The fraction of sp³-hybridized carbons (Fsp3) is 0.538.